The van der Waals surface area contributed by atoms with Gasteiger partial charge in [-0.2, -0.15) is 0 Å². The molecule has 5 heteroatoms. The van der Waals surface area contributed by atoms with Gasteiger partial charge in [-0.3, -0.25) is 4.79 Å². The van der Waals surface area contributed by atoms with E-state index in [4.69, 9.17) is 23.2 Å². The van der Waals surface area contributed by atoms with Crippen LogP contribution in [0.4, 0.5) is 5.69 Å². The maximum atomic E-state index is 12.8. The van der Waals surface area contributed by atoms with Crippen molar-refractivity contribution in [2.24, 2.45) is 0 Å². The average molecular weight is 347 g/mol. The number of benzene rings is 2. The Hall–Kier alpha value is -1.71. The Morgan fingerprint density at radius 3 is 2.52 bits per heavy atom. The molecule has 1 saturated heterocycles. The van der Waals surface area contributed by atoms with E-state index >= 15 is 0 Å². The second-order valence-corrected chi connectivity index (χ2v) is 7.53. The maximum absolute atomic E-state index is 12.8. The number of hydrogen-bond acceptors (Lipinski definition) is 2. The zero-order valence-electron chi connectivity index (χ0n) is 12.4. The highest BCUT2D eigenvalue weighted by Crippen LogP contribution is 2.54. The second-order valence-electron chi connectivity index (χ2n) is 6.20. The van der Waals surface area contributed by atoms with E-state index in [9.17, 15) is 4.79 Å². The molecule has 0 aliphatic carbocycles. The number of carbonyl (C=O) groups is 1. The van der Waals surface area contributed by atoms with Gasteiger partial charge in [0.15, 0.2) is 0 Å². The molecule has 3 nitrogen and oxygen atoms in total. The molecule has 0 radical (unpaired) electrons. The third kappa shape index (κ3) is 2.07. The quantitative estimate of drug-likeness (QED) is 0.843. The van der Waals surface area contributed by atoms with Gasteiger partial charge in [-0.15, -0.1) is 0 Å². The largest absolute Gasteiger partial charge is 0.384 e. The van der Waals surface area contributed by atoms with Crippen molar-refractivity contribution in [1.82, 2.24) is 4.90 Å². The van der Waals surface area contributed by atoms with Gasteiger partial charge in [0, 0.05) is 25.3 Å². The van der Waals surface area contributed by atoms with Crippen molar-refractivity contribution >= 4 is 34.8 Å². The van der Waals surface area contributed by atoms with E-state index < -0.39 is 9.75 Å². The number of para-hydroxylation sites is 1. The molecule has 1 fully saturated rings. The summed E-state index contributed by atoms with van der Waals surface area (Å²) in [5.41, 5.74) is 2.49. The van der Waals surface area contributed by atoms with Crippen molar-refractivity contribution in [3.63, 3.8) is 0 Å². The number of likely N-dealkylation sites (tertiary alicyclic amines) is 1. The first-order valence-electron chi connectivity index (χ1n) is 7.59. The van der Waals surface area contributed by atoms with Gasteiger partial charge in [-0.25, -0.2) is 0 Å². The van der Waals surface area contributed by atoms with Crippen molar-refractivity contribution in [3.8, 4) is 0 Å². The van der Waals surface area contributed by atoms with Gasteiger partial charge < -0.3 is 10.2 Å². The summed E-state index contributed by atoms with van der Waals surface area (Å²) < 4.78 is -1.46. The molecule has 4 rings (SSSR count). The summed E-state index contributed by atoms with van der Waals surface area (Å²) in [6.45, 7) is 1.60. The molecule has 2 aliphatic rings. The first-order valence-corrected chi connectivity index (χ1v) is 8.35. The monoisotopic (exact) mass is 346 g/mol. The molecule has 118 valence electrons. The molecule has 2 aromatic rings. The average Bonchev–Trinajstić information content (AvgIpc) is 3.02. The van der Waals surface area contributed by atoms with E-state index in [2.05, 4.69) is 5.32 Å². The number of nitrogens with zero attached hydrogens (tertiary/aromatic N) is 1. The van der Waals surface area contributed by atoms with E-state index in [1.807, 2.05) is 54.6 Å². The van der Waals surface area contributed by atoms with Crippen molar-refractivity contribution in [2.45, 2.75) is 16.3 Å². The molecule has 1 atom stereocenters. The number of halogens is 2. The number of carbonyl (C=O) groups excluding carboxylic acids is 1. The van der Waals surface area contributed by atoms with E-state index in [1.165, 1.54) is 0 Å². The maximum Gasteiger partial charge on any atom is 0.260 e. The zero-order valence-corrected chi connectivity index (χ0v) is 13.9. The molecule has 1 spiro atoms. The van der Waals surface area contributed by atoms with Crippen LogP contribution in [0.5, 0.6) is 0 Å². The summed E-state index contributed by atoms with van der Waals surface area (Å²) in [6, 6.07) is 17.8. The minimum absolute atomic E-state index is 0.219. The SMILES string of the molecule is O=C1N(Cc2ccccc2)CC2(CNc3ccccc32)C1(Cl)Cl. The van der Waals surface area contributed by atoms with Crippen LogP contribution in [0.3, 0.4) is 0 Å². The topological polar surface area (TPSA) is 32.3 Å². The summed E-state index contributed by atoms with van der Waals surface area (Å²) in [6.07, 6.45) is 0. The van der Waals surface area contributed by atoms with Crippen LogP contribution in [-0.2, 0) is 16.8 Å². The molecule has 1 amide bonds. The Bertz CT molecular complexity index is 763. The highest BCUT2D eigenvalue weighted by atomic mass is 35.5. The van der Waals surface area contributed by atoms with Crippen LogP contribution in [0, 0.1) is 0 Å². The molecule has 23 heavy (non-hydrogen) atoms. The third-order valence-corrected chi connectivity index (χ3v) is 5.90. The van der Waals surface area contributed by atoms with Crippen molar-refractivity contribution in [2.75, 3.05) is 18.4 Å². The van der Waals surface area contributed by atoms with Crippen molar-refractivity contribution in [3.05, 3.63) is 65.7 Å². The molecule has 2 aliphatic heterocycles. The first kappa shape index (κ1) is 14.9. The van der Waals surface area contributed by atoms with Crippen LogP contribution < -0.4 is 5.32 Å². The van der Waals surface area contributed by atoms with Crippen LogP contribution in [-0.4, -0.2) is 28.2 Å². The highest BCUT2D eigenvalue weighted by molar-refractivity contribution is 6.59. The summed E-state index contributed by atoms with van der Waals surface area (Å²) in [4.78, 5) is 14.6. The lowest BCUT2D eigenvalue weighted by Gasteiger charge is -2.30. The van der Waals surface area contributed by atoms with Gasteiger partial charge in [0.1, 0.15) is 0 Å². The minimum atomic E-state index is -1.46. The van der Waals surface area contributed by atoms with E-state index in [-0.39, 0.29) is 5.91 Å². The first-order chi connectivity index (χ1) is 11.0. The molecular formula is C18H16Cl2N2O. The van der Waals surface area contributed by atoms with Crippen LogP contribution in [0.25, 0.3) is 0 Å². The molecule has 1 N–H and O–H groups in total. The molecule has 2 heterocycles. The molecular weight excluding hydrogens is 331 g/mol. The number of fused-ring (bicyclic) bond motifs is 2. The van der Waals surface area contributed by atoms with Gasteiger partial charge in [0.25, 0.3) is 5.91 Å². The summed E-state index contributed by atoms with van der Waals surface area (Å²) in [5, 5.41) is 3.35. The third-order valence-electron chi connectivity index (χ3n) is 4.86. The van der Waals surface area contributed by atoms with Crippen molar-refractivity contribution in [1.29, 1.82) is 0 Å². The zero-order chi connectivity index (χ0) is 16.1. The minimum Gasteiger partial charge on any atom is -0.384 e. The van der Waals surface area contributed by atoms with E-state index in [0.29, 0.717) is 19.6 Å². The number of alkyl halides is 2. The molecule has 0 bridgehead atoms. The Morgan fingerprint density at radius 2 is 1.74 bits per heavy atom. The second kappa shape index (κ2) is 5.15. The Morgan fingerprint density at radius 1 is 1.04 bits per heavy atom. The molecule has 0 saturated carbocycles. The summed E-state index contributed by atoms with van der Waals surface area (Å²) >= 11 is 13.2. The lowest BCUT2D eigenvalue weighted by atomic mass is 9.80. The fraction of sp³-hybridized carbons (Fsp3) is 0.278. The number of hydrogen-bond donors (Lipinski definition) is 1. The Kier molecular flexibility index (Phi) is 3.33. The fourth-order valence-electron chi connectivity index (χ4n) is 3.65. The van der Waals surface area contributed by atoms with Gasteiger partial charge in [0.05, 0.1) is 5.41 Å². The molecule has 0 aromatic heterocycles. The number of amides is 1. The van der Waals surface area contributed by atoms with Crippen LogP contribution in [0.2, 0.25) is 0 Å². The van der Waals surface area contributed by atoms with Gasteiger partial charge in [-0.1, -0.05) is 71.7 Å². The van der Waals surface area contributed by atoms with Gasteiger partial charge >= 0.3 is 0 Å². The number of rotatable bonds is 2. The van der Waals surface area contributed by atoms with Crippen LogP contribution >= 0.6 is 23.2 Å². The normalized spacial score (nSPS) is 24.8. The fourth-order valence-corrected chi connectivity index (χ4v) is 4.34. The lowest BCUT2D eigenvalue weighted by molar-refractivity contribution is -0.128. The predicted molar refractivity (Wildman–Crippen MR) is 92.9 cm³/mol. The predicted octanol–water partition coefficient (Wildman–Crippen LogP) is 3.57. The number of anilines is 1. The van der Waals surface area contributed by atoms with Crippen molar-refractivity contribution < 1.29 is 4.79 Å². The molecule has 2 aromatic carbocycles. The summed E-state index contributed by atoms with van der Waals surface area (Å²) in [5.74, 6) is -0.219. The van der Waals surface area contributed by atoms with E-state index in [1.54, 1.807) is 4.90 Å². The lowest BCUT2D eigenvalue weighted by Crippen LogP contribution is -2.46. The van der Waals surface area contributed by atoms with Gasteiger partial charge in [0.2, 0.25) is 4.33 Å². The van der Waals surface area contributed by atoms with E-state index in [0.717, 1.165) is 16.8 Å². The Balaban J connectivity index is 1.72. The molecule has 1 unspecified atom stereocenters. The van der Waals surface area contributed by atoms with Gasteiger partial charge in [-0.05, 0) is 17.2 Å². The highest BCUT2D eigenvalue weighted by Gasteiger charge is 2.65. The van der Waals surface area contributed by atoms with Crippen LogP contribution in [0.1, 0.15) is 11.1 Å². The standard InChI is InChI=1S/C18H16Cl2N2O/c19-18(20)16(23)22(10-13-6-2-1-3-7-13)12-17(18)11-21-15-9-5-4-8-14(15)17/h1-9,21H,10-12H2. The smallest absolute Gasteiger partial charge is 0.260 e. The summed E-state index contributed by atoms with van der Waals surface area (Å²) in [7, 11) is 0. The Labute approximate surface area is 145 Å². The van der Waals surface area contributed by atoms with Crippen LogP contribution in [0.15, 0.2) is 54.6 Å². The number of nitrogens with one attached hydrogen (secondary N) is 1.